The molecule has 1 saturated heterocycles. The summed E-state index contributed by atoms with van der Waals surface area (Å²) in [5.74, 6) is 0.394. The Hall–Kier alpha value is -2.84. The lowest BCUT2D eigenvalue weighted by atomic mass is 10.1. The lowest BCUT2D eigenvalue weighted by molar-refractivity contribution is 0.595. The molecule has 0 aliphatic carbocycles. The van der Waals surface area contributed by atoms with Crippen molar-refractivity contribution in [1.29, 1.82) is 0 Å². The zero-order valence-electron chi connectivity index (χ0n) is 18.3. The zero-order valence-corrected chi connectivity index (χ0v) is 19.9. The lowest BCUT2D eigenvalue weighted by Crippen LogP contribution is -2.47. The van der Waals surface area contributed by atoms with E-state index in [1.165, 1.54) is 11.8 Å². The van der Waals surface area contributed by atoms with E-state index in [-0.39, 0.29) is 15.6 Å². The largest absolute Gasteiger partial charge is 0.382 e. The quantitative estimate of drug-likeness (QED) is 0.618. The van der Waals surface area contributed by atoms with Gasteiger partial charge in [0.25, 0.3) is 0 Å². The minimum atomic E-state index is -3.80. The highest BCUT2D eigenvalue weighted by Crippen LogP contribution is 2.28. The number of nitrogens with two attached hydrogens (primary N) is 1. The number of anilines is 3. The number of sulfone groups is 1. The first-order chi connectivity index (χ1) is 15.2. The van der Waals surface area contributed by atoms with Crippen molar-refractivity contribution >= 4 is 38.9 Å². The number of nitrogens with zero attached hydrogens (tertiary/aromatic N) is 4. The summed E-state index contributed by atoms with van der Waals surface area (Å²) in [7, 11) is -3.80. The SMILES string of the molecule is Cc1ccc(S(=O)(=O)c2cnc(N3CCN(c4cc(Cl)ccc4C)CC3)nc2N)cc1C. The summed E-state index contributed by atoms with van der Waals surface area (Å²) in [6.07, 6.45) is 1.32. The van der Waals surface area contributed by atoms with Crippen molar-refractivity contribution in [3.8, 4) is 0 Å². The second-order valence-electron chi connectivity index (χ2n) is 8.07. The van der Waals surface area contributed by atoms with Gasteiger partial charge in [0.1, 0.15) is 10.7 Å². The number of aromatic nitrogens is 2. The van der Waals surface area contributed by atoms with Gasteiger partial charge in [0.15, 0.2) is 0 Å². The van der Waals surface area contributed by atoms with Crippen molar-refractivity contribution in [2.45, 2.75) is 30.6 Å². The van der Waals surface area contributed by atoms with E-state index < -0.39 is 9.84 Å². The molecule has 0 unspecified atom stereocenters. The predicted octanol–water partition coefficient (Wildman–Crippen LogP) is 3.80. The summed E-state index contributed by atoms with van der Waals surface area (Å²) in [4.78, 5) is 13.1. The maximum Gasteiger partial charge on any atom is 0.227 e. The normalized spacial score (nSPS) is 14.6. The van der Waals surface area contributed by atoms with E-state index in [0.29, 0.717) is 24.1 Å². The first kappa shape index (κ1) is 22.4. The number of hydrogen-bond acceptors (Lipinski definition) is 7. The molecule has 1 aliphatic heterocycles. The van der Waals surface area contributed by atoms with E-state index >= 15 is 0 Å². The third-order valence-electron chi connectivity index (χ3n) is 5.92. The molecule has 7 nitrogen and oxygen atoms in total. The molecule has 1 aromatic heterocycles. The van der Waals surface area contributed by atoms with Crippen molar-refractivity contribution in [2.24, 2.45) is 0 Å². The van der Waals surface area contributed by atoms with Gasteiger partial charge in [-0.3, -0.25) is 0 Å². The molecular weight excluding hydrogens is 446 g/mol. The standard InChI is InChI=1S/C23H26ClN5O2S/c1-15-5-7-19(12-17(15)3)32(30,31)21-14-26-23(27-22(21)25)29-10-8-28(9-11-29)20-13-18(24)6-4-16(20)2/h4-7,12-14H,8-11H2,1-3H3,(H2,25,26,27). The average Bonchev–Trinajstić information content (AvgIpc) is 2.77. The highest BCUT2D eigenvalue weighted by Gasteiger charge is 2.25. The molecule has 2 aromatic carbocycles. The van der Waals surface area contributed by atoms with Crippen LogP contribution in [0.25, 0.3) is 0 Å². The van der Waals surface area contributed by atoms with Crippen LogP contribution in [0.4, 0.5) is 17.5 Å². The summed E-state index contributed by atoms with van der Waals surface area (Å²) in [5, 5.41) is 0.713. The van der Waals surface area contributed by atoms with E-state index in [0.717, 1.165) is 29.9 Å². The van der Waals surface area contributed by atoms with Gasteiger partial charge in [-0.05, 0) is 61.7 Å². The van der Waals surface area contributed by atoms with Crippen molar-refractivity contribution in [1.82, 2.24) is 9.97 Å². The molecule has 3 aromatic rings. The Bertz CT molecular complexity index is 1270. The Morgan fingerprint density at radius 3 is 2.22 bits per heavy atom. The molecule has 1 aliphatic rings. The van der Waals surface area contributed by atoms with Crippen LogP contribution in [-0.2, 0) is 9.84 Å². The minimum absolute atomic E-state index is 0.0404. The molecular formula is C23H26ClN5O2S. The molecule has 2 N–H and O–H groups in total. The van der Waals surface area contributed by atoms with Gasteiger partial charge in [-0.15, -0.1) is 0 Å². The fourth-order valence-corrected chi connectivity index (χ4v) is 5.32. The minimum Gasteiger partial charge on any atom is -0.382 e. The highest BCUT2D eigenvalue weighted by atomic mass is 35.5. The van der Waals surface area contributed by atoms with E-state index in [1.807, 2.05) is 36.9 Å². The van der Waals surface area contributed by atoms with Gasteiger partial charge >= 0.3 is 0 Å². The lowest BCUT2D eigenvalue weighted by Gasteiger charge is -2.37. The summed E-state index contributed by atoms with van der Waals surface area (Å²) < 4.78 is 26.1. The Morgan fingerprint density at radius 1 is 0.906 bits per heavy atom. The topological polar surface area (TPSA) is 92.4 Å². The smallest absolute Gasteiger partial charge is 0.227 e. The molecule has 0 atom stereocenters. The molecule has 9 heteroatoms. The van der Waals surface area contributed by atoms with Gasteiger partial charge in [0, 0.05) is 36.9 Å². The molecule has 2 heterocycles. The first-order valence-corrected chi connectivity index (χ1v) is 12.2. The van der Waals surface area contributed by atoms with Crippen LogP contribution in [0, 0.1) is 20.8 Å². The molecule has 0 bridgehead atoms. The summed E-state index contributed by atoms with van der Waals surface area (Å²) in [5.41, 5.74) is 10.3. The van der Waals surface area contributed by atoms with Crippen LogP contribution < -0.4 is 15.5 Å². The maximum atomic E-state index is 13.1. The fourth-order valence-electron chi connectivity index (χ4n) is 3.81. The van der Waals surface area contributed by atoms with Crippen LogP contribution in [0.1, 0.15) is 16.7 Å². The van der Waals surface area contributed by atoms with Gasteiger partial charge in [0.2, 0.25) is 15.8 Å². The third-order valence-corrected chi connectivity index (χ3v) is 7.93. The highest BCUT2D eigenvalue weighted by molar-refractivity contribution is 7.91. The van der Waals surface area contributed by atoms with Crippen LogP contribution >= 0.6 is 11.6 Å². The average molecular weight is 472 g/mol. The van der Waals surface area contributed by atoms with Crippen LogP contribution in [0.2, 0.25) is 5.02 Å². The second-order valence-corrected chi connectivity index (χ2v) is 10.4. The van der Waals surface area contributed by atoms with Crippen molar-refractivity contribution < 1.29 is 8.42 Å². The van der Waals surface area contributed by atoms with Gasteiger partial charge in [-0.25, -0.2) is 13.4 Å². The van der Waals surface area contributed by atoms with Gasteiger partial charge in [-0.2, -0.15) is 4.98 Å². The molecule has 168 valence electrons. The molecule has 0 radical (unpaired) electrons. The van der Waals surface area contributed by atoms with Crippen LogP contribution in [0.5, 0.6) is 0 Å². The molecule has 32 heavy (non-hydrogen) atoms. The number of benzene rings is 2. The van der Waals surface area contributed by atoms with E-state index in [9.17, 15) is 8.42 Å². The second kappa shape index (κ2) is 8.60. The third kappa shape index (κ3) is 4.25. The fraction of sp³-hybridized carbons (Fsp3) is 0.304. The molecule has 0 amide bonds. The Kier molecular flexibility index (Phi) is 6.01. The maximum absolute atomic E-state index is 13.1. The number of halogens is 1. The van der Waals surface area contributed by atoms with Crippen LogP contribution in [0.15, 0.2) is 52.4 Å². The Morgan fingerprint density at radius 2 is 1.56 bits per heavy atom. The molecule has 0 spiro atoms. The zero-order chi connectivity index (χ0) is 23.0. The summed E-state index contributed by atoms with van der Waals surface area (Å²) in [6, 6.07) is 10.9. The summed E-state index contributed by atoms with van der Waals surface area (Å²) in [6.45, 7) is 8.80. The number of hydrogen-bond donors (Lipinski definition) is 1. The summed E-state index contributed by atoms with van der Waals surface area (Å²) >= 11 is 6.17. The van der Waals surface area contributed by atoms with Gasteiger partial charge in [0.05, 0.1) is 11.1 Å². The Balaban J connectivity index is 1.53. The van der Waals surface area contributed by atoms with Crippen LogP contribution in [0.3, 0.4) is 0 Å². The van der Waals surface area contributed by atoms with E-state index in [4.69, 9.17) is 17.3 Å². The number of rotatable bonds is 4. The van der Waals surface area contributed by atoms with E-state index in [1.54, 1.807) is 18.2 Å². The van der Waals surface area contributed by atoms with Crippen molar-refractivity contribution in [2.75, 3.05) is 41.7 Å². The van der Waals surface area contributed by atoms with E-state index in [2.05, 4.69) is 21.8 Å². The van der Waals surface area contributed by atoms with Crippen LogP contribution in [-0.4, -0.2) is 44.6 Å². The molecule has 0 saturated carbocycles. The van der Waals surface area contributed by atoms with Crippen molar-refractivity contribution in [3.63, 3.8) is 0 Å². The van der Waals surface area contributed by atoms with Crippen molar-refractivity contribution in [3.05, 3.63) is 64.3 Å². The predicted molar refractivity (Wildman–Crippen MR) is 128 cm³/mol. The number of nitrogen functional groups attached to an aromatic ring is 1. The van der Waals surface area contributed by atoms with Gasteiger partial charge in [-0.1, -0.05) is 23.7 Å². The molecule has 1 fully saturated rings. The first-order valence-electron chi connectivity index (χ1n) is 10.4. The Labute approximate surface area is 193 Å². The number of piperazine rings is 1. The van der Waals surface area contributed by atoms with Gasteiger partial charge < -0.3 is 15.5 Å². The number of aryl methyl sites for hydroxylation is 3. The monoisotopic (exact) mass is 471 g/mol. The molecule has 4 rings (SSSR count).